The molecule has 5 nitrogen and oxygen atoms in total. The molecule has 0 radical (unpaired) electrons. The molecule has 4 N–H and O–H groups in total. The van der Waals surface area contributed by atoms with Gasteiger partial charge in [-0.15, -0.1) is 0 Å². The first kappa shape index (κ1) is 13.5. The molecule has 21 heavy (non-hydrogen) atoms. The van der Waals surface area contributed by atoms with Gasteiger partial charge in [-0.05, 0) is 12.1 Å². The Kier molecular flexibility index (Phi) is 3.10. The van der Waals surface area contributed by atoms with E-state index in [1.807, 2.05) is 0 Å². The number of aromatic amines is 1. The molecule has 3 rings (SSSR count). The fraction of sp³-hybridized carbons (Fsp3) is 0. The van der Waals surface area contributed by atoms with Crippen LogP contribution in [0.2, 0.25) is 0 Å². The summed E-state index contributed by atoms with van der Waals surface area (Å²) in [6.45, 7) is 0. The van der Waals surface area contributed by atoms with E-state index in [9.17, 15) is 20.1 Å². The smallest absolute Gasteiger partial charge is 0.235 e. The standard InChI is InChI=1S/C15H10BrNO4/c16-8-3-1-7(2-4-8)13-15(21)14(20)12-10(17-13)5-9(18)6-11(12)19/h1-6,18-19,21H,(H,17,20). The number of fused-ring (bicyclic) bond motifs is 1. The predicted octanol–water partition coefficient (Wildman–Crippen LogP) is 3.07. The Morgan fingerprint density at radius 3 is 2.33 bits per heavy atom. The number of halogens is 1. The van der Waals surface area contributed by atoms with E-state index in [-0.39, 0.29) is 28.1 Å². The minimum absolute atomic E-state index is 0.0637. The Bertz CT molecular complexity index is 900. The Balaban J connectivity index is 2.37. The number of phenolic OH excluding ortho intramolecular Hbond substituents is 2. The van der Waals surface area contributed by atoms with Gasteiger partial charge in [-0.25, -0.2) is 0 Å². The van der Waals surface area contributed by atoms with Crippen molar-refractivity contribution in [3.8, 4) is 28.5 Å². The molecule has 1 aromatic heterocycles. The maximum Gasteiger partial charge on any atom is 0.235 e. The van der Waals surface area contributed by atoms with Crippen LogP contribution in [0.3, 0.4) is 0 Å². The second-order valence-electron chi connectivity index (χ2n) is 4.57. The van der Waals surface area contributed by atoms with Gasteiger partial charge in [0.25, 0.3) is 0 Å². The molecular formula is C15H10BrNO4. The Hall–Kier alpha value is -2.47. The first-order valence-corrected chi connectivity index (χ1v) is 6.83. The minimum atomic E-state index is -0.695. The van der Waals surface area contributed by atoms with Gasteiger partial charge in [-0.1, -0.05) is 28.1 Å². The van der Waals surface area contributed by atoms with Gasteiger partial charge < -0.3 is 20.3 Å². The van der Waals surface area contributed by atoms with Crippen molar-refractivity contribution in [3.05, 3.63) is 51.1 Å². The van der Waals surface area contributed by atoms with Gasteiger partial charge in [-0.2, -0.15) is 0 Å². The summed E-state index contributed by atoms with van der Waals surface area (Å²) in [6.07, 6.45) is 0. The highest BCUT2D eigenvalue weighted by atomic mass is 79.9. The van der Waals surface area contributed by atoms with Crippen molar-refractivity contribution >= 4 is 26.8 Å². The molecule has 1 heterocycles. The van der Waals surface area contributed by atoms with Crippen molar-refractivity contribution in [3.63, 3.8) is 0 Å². The van der Waals surface area contributed by atoms with E-state index in [2.05, 4.69) is 20.9 Å². The molecule has 0 unspecified atom stereocenters. The maximum absolute atomic E-state index is 12.2. The first-order chi connectivity index (χ1) is 9.97. The van der Waals surface area contributed by atoms with Crippen molar-refractivity contribution in [2.45, 2.75) is 0 Å². The van der Waals surface area contributed by atoms with Crippen molar-refractivity contribution in [2.75, 3.05) is 0 Å². The summed E-state index contributed by atoms with van der Waals surface area (Å²) in [5.41, 5.74) is 0.384. The molecule has 0 atom stereocenters. The largest absolute Gasteiger partial charge is 0.508 e. The van der Waals surface area contributed by atoms with Gasteiger partial charge in [0.2, 0.25) is 5.43 Å². The molecule has 0 spiro atoms. The summed E-state index contributed by atoms with van der Waals surface area (Å²) in [7, 11) is 0. The fourth-order valence-electron chi connectivity index (χ4n) is 2.20. The maximum atomic E-state index is 12.2. The molecule has 0 amide bonds. The van der Waals surface area contributed by atoms with Crippen LogP contribution in [0.4, 0.5) is 0 Å². The molecule has 6 heteroatoms. The van der Waals surface area contributed by atoms with E-state index < -0.39 is 11.2 Å². The monoisotopic (exact) mass is 347 g/mol. The average Bonchev–Trinajstić information content (AvgIpc) is 2.43. The van der Waals surface area contributed by atoms with E-state index in [0.717, 1.165) is 10.5 Å². The fourth-order valence-corrected chi connectivity index (χ4v) is 2.46. The van der Waals surface area contributed by atoms with Crippen molar-refractivity contribution in [1.29, 1.82) is 0 Å². The number of hydrogen-bond acceptors (Lipinski definition) is 4. The molecule has 2 aromatic carbocycles. The van der Waals surface area contributed by atoms with E-state index in [1.54, 1.807) is 24.3 Å². The van der Waals surface area contributed by atoms with Crippen LogP contribution in [-0.2, 0) is 0 Å². The number of phenols is 2. The molecule has 0 aliphatic carbocycles. The van der Waals surface area contributed by atoms with Gasteiger partial charge >= 0.3 is 0 Å². The van der Waals surface area contributed by atoms with Crippen LogP contribution in [0.15, 0.2) is 45.7 Å². The number of benzene rings is 2. The molecule has 0 bridgehead atoms. The molecule has 0 saturated carbocycles. The molecule has 0 aliphatic heterocycles. The van der Waals surface area contributed by atoms with E-state index in [0.29, 0.717) is 5.56 Å². The van der Waals surface area contributed by atoms with Gasteiger partial charge in [0.15, 0.2) is 5.75 Å². The summed E-state index contributed by atoms with van der Waals surface area (Å²) < 4.78 is 0.865. The lowest BCUT2D eigenvalue weighted by molar-refractivity contribution is 0.452. The van der Waals surface area contributed by atoms with E-state index in [1.165, 1.54) is 6.07 Å². The number of pyridine rings is 1. The second kappa shape index (κ2) is 4.82. The van der Waals surface area contributed by atoms with Crippen LogP contribution in [-0.4, -0.2) is 20.3 Å². The lowest BCUT2D eigenvalue weighted by atomic mass is 10.1. The van der Waals surface area contributed by atoms with Crippen molar-refractivity contribution in [2.24, 2.45) is 0 Å². The van der Waals surface area contributed by atoms with Gasteiger partial charge in [0, 0.05) is 22.2 Å². The first-order valence-electron chi connectivity index (χ1n) is 6.04. The van der Waals surface area contributed by atoms with Gasteiger partial charge in [0.05, 0.1) is 16.6 Å². The number of nitrogens with one attached hydrogen (secondary N) is 1. The average molecular weight is 348 g/mol. The summed E-state index contributed by atoms with van der Waals surface area (Å²) in [5.74, 6) is -1.04. The highest BCUT2D eigenvalue weighted by Gasteiger charge is 2.16. The van der Waals surface area contributed by atoms with E-state index >= 15 is 0 Å². The van der Waals surface area contributed by atoms with Crippen LogP contribution in [0.1, 0.15) is 0 Å². The topological polar surface area (TPSA) is 93.5 Å². The molecular weight excluding hydrogens is 338 g/mol. The van der Waals surface area contributed by atoms with Crippen molar-refractivity contribution < 1.29 is 15.3 Å². The van der Waals surface area contributed by atoms with Gasteiger partial charge in [0.1, 0.15) is 11.5 Å². The van der Waals surface area contributed by atoms with Crippen LogP contribution >= 0.6 is 15.9 Å². The highest BCUT2D eigenvalue weighted by Crippen LogP contribution is 2.32. The van der Waals surface area contributed by atoms with Crippen LogP contribution < -0.4 is 5.43 Å². The Morgan fingerprint density at radius 2 is 1.67 bits per heavy atom. The third kappa shape index (κ3) is 2.23. The molecule has 3 aromatic rings. The van der Waals surface area contributed by atoms with Crippen LogP contribution in [0.5, 0.6) is 17.2 Å². The SMILES string of the molecule is O=c1c(O)c(-c2ccc(Br)cc2)[nH]c2cc(O)cc(O)c12. The lowest BCUT2D eigenvalue weighted by Gasteiger charge is -2.09. The summed E-state index contributed by atoms with van der Waals surface area (Å²) in [5, 5.41) is 29.3. The Morgan fingerprint density at radius 1 is 1.00 bits per heavy atom. The number of rotatable bonds is 1. The zero-order valence-electron chi connectivity index (χ0n) is 10.6. The minimum Gasteiger partial charge on any atom is -0.508 e. The lowest BCUT2D eigenvalue weighted by Crippen LogP contribution is -2.05. The van der Waals surface area contributed by atoms with E-state index in [4.69, 9.17) is 0 Å². The van der Waals surface area contributed by atoms with Crippen LogP contribution in [0, 0.1) is 0 Å². The van der Waals surface area contributed by atoms with Gasteiger partial charge in [-0.3, -0.25) is 4.79 Å². The summed E-state index contributed by atoms with van der Waals surface area (Å²) >= 11 is 3.31. The number of aromatic hydroxyl groups is 3. The number of hydrogen-bond donors (Lipinski definition) is 4. The predicted molar refractivity (Wildman–Crippen MR) is 82.7 cm³/mol. The Labute approximate surface area is 127 Å². The zero-order chi connectivity index (χ0) is 15.1. The molecule has 0 fully saturated rings. The highest BCUT2D eigenvalue weighted by molar-refractivity contribution is 9.10. The zero-order valence-corrected chi connectivity index (χ0v) is 12.2. The number of H-pyrrole nitrogens is 1. The summed E-state index contributed by atoms with van der Waals surface area (Å²) in [4.78, 5) is 15.1. The number of aromatic nitrogens is 1. The van der Waals surface area contributed by atoms with Crippen molar-refractivity contribution in [1.82, 2.24) is 4.98 Å². The third-order valence-electron chi connectivity index (χ3n) is 3.17. The molecule has 0 aliphatic rings. The normalized spacial score (nSPS) is 10.9. The van der Waals surface area contributed by atoms with Crippen LogP contribution in [0.25, 0.3) is 22.2 Å². The third-order valence-corrected chi connectivity index (χ3v) is 3.70. The summed E-state index contributed by atoms with van der Waals surface area (Å²) in [6, 6.07) is 9.37. The second-order valence-corrected chi connectivity index (χ2v) is 5.49. The quantitative estimate of drug-likeness (QED) is 0.544. The molecule has 0 saturated heterocycles. The molecule has 106 valence electrons.